The van der Waals surface area contributed by atoms with E-state index in [1.807, 2.05) is 18.2 Å². The molecule has 0 bridgehead atoms. The maximum absolute atomic E-state index is 13.0. The molecule has 0 aliphatic carbocycles. The van der Waals surface area contributed by atoms with Gasteiger partial charge in [-0.2, -0.15) is 0 Å². The van der Waals surface area contributed by atoms with Crippen molar-refractivity contribution in [2.24, 2.45) is 0 Å². The second kappa shape index (κ2) is 8.73. The molecule has 0 spiro atoms. The zero-order valence-electron chi connectivity index (χ0n) is 16.3. The second-order valence-electron chi connectivity index (χ2n) is 7.05. The number of hydrogen-bond acceptors (Lipinski definition) is 4. The highest BCUT2D eigenvalue weighted by Crippen LogP contribution is 2.21. The monoisotopic (exact) mass is 395 g/mol. The van der Waals surface area contributed by atoms with Crippen LogP contribution in [0, 0.1) is 5.82 Å². The zero-order valence-corrected chi connectivity index (χ0v) is 16.3. The van der Waals surface area contributed by atoms with Crippen LogP contribution in [0.5, 0.6) is 11.6 Å². The lowest BCUT2D eigenvalue weighted by molar-refractivity contribution is -0.152. The first-order chi connectivity index (χ1) is 13.8. The van der Waals surface area contributed by atoms with E-state index in [2.05, 4.69) is 4.98 Å². The molecule has 3 rings (SSSR count). The molecule has 1 heterocycles. The second-order valence-corrected chi connectivity index (χ2v) is 7.05. The normalized spacial score (nSPS) is 11.1. The van der Waals surface area contributed by atoms with Crippen LogP contribution in [0.3, 0.4) is 0 Å². The number of aromatic nitrogens is 1. The molecule has 0 fully saturated rings. The van der Waals surface area contributed by atoms with E-state index in [0.29, 0.717) is 24.7 Å². The molecule has 0 amide bonds. The predicted molar refractivity (Wildman–Crippen MR) is 108 cm³/mol. The van der Waals surface area contributed by atoms with E-state index in [9.17, 15) is 9.18 Å². The molecule has 0 atom stereocenters. The number of pyridine rings is 1. The molecule has 0 radical (unpaired) electrons. The molecule has 6 heteroatoms. The van der Waals surface area contributed by atoms with Crippen LogP contribution in [-0.2, 0) is 11.2 Å². The van der Waals surface area contributed by atoms with E-state index in [0.717, 1.165) is 16.7 Å². The van der Waals surface area contributed by atoms with Crippen LogP contribution in [0.1, 0.15) is 19.4 Å². The Labute approximate surface area is 168 Å². The molecule has 3 aromatic rings. The number of benzene rings is 2. The first-order valence-corrected chi connectivity index (χ1v) is 9.20. The minimum absolute atomic E-state index is 0.271. The highest BCUT2D eigenvalue weighted by atomic mass is 19.1. The van der Waals surface area contributed by atoms with Crippen LogP contribution in [0.25, 0.3) is 11.1 Å². The number of carboxylic acid groups (broad SMARTS) is 1. The van der Waals surface area contributed by atoms with E-state index >= 15 is 0 Å². The summed E-state index contributed by atoms with van der Waals surface area (Å²) in [5.74, 6) is -0.279. The van der Waals surface area contributed by atoms with Gasteiger partial charge in [0.25, 0.3) is 0 Å². The lowest BCUT2D eigenvalue weighted by atomic mass is 10.1. The maximum atomic E-state index is 13.0. The van der Waals surface area contributed by atoms with E-state index < -0.39 is 11.6 Å². The van der Waals surface area contributed by atoms with Crippen molar-refractivity contribution in [2.45, 2.75) is 25.9 Å². The molecule has 0 aliphatic heterocycles. The number of rotatable bonds is 8. The fourth-order valence-corrected chi connectivity index (χ4v) is 2.61. The topological polar surface area (TPSA) is 68.7 Å². The highest BCUT2D eigenvalue weighted by molar-refractivity contribution is 5.76. The van der Waals surface area contributed by atoms with Crippen LogP contribution in [0.2, 0.25) is 0 Å². The summed E-state index contributed by atoms with van der Waals surface area (Å²) in [6.45, 7) is 3.46. The van der Waals surface area contributed by atoms with Gasteiger partial charge in [0.05, 0.1) is 6.61 Å². The van der Waals surface area contributed by atoms with Gasteiger partial charge in [-0.25, -0.2) is 14.2 Å². The number of carboxylic acids is 1. The average Bonchev–Trinajstić information content (AvgIpc) is 2.70. The van der Waals surface area contributed by atoms with Crippen molar-refractivity contribution >= 4 is 5.97 Å². The molecule has 2 aromatic carbocycles. The summed E-state index contributed by atoms with van der Waals surface area (Å²) in [6.07, 6.45) is 2.36. The van der Waals surface area contributed by atoms with Crippen molar-refractivity contribution in [3.63, 3.8) is 0 Å². The molecule has 0 saturated heterocycles. The molecular weight excluding hydrogens is 373 g/mol. The Morgan fingerprint density at radius 2 is 1.66 bits per heavy atom. The molecule has 0 saturated carbocycles. The van der Waals surface area contributed by atoms with Gasteiger partial charge >= 0.3 is 5.97 Å². The van der Waals surface area contributed by atoms with E-state index in [-0.39, 0.29) is 5.82 Å². The van der Waals surface area contributed by atoms with Crippen LogP contribution < -0.4 is 9.47 Å². The third kappa shape index (κ3) is 5.54. The molecule has 5 nitrogen and oxygen atoms in total. The van der Waals surface area contributed by atoms with E-state index in [1.54, 1.807) is 36.5 Å². The minimum Gasteiger partial charge on any atom is -0.478 e. The number of halogens is 1. The van der Waals surface area contributed by atoms with Crippen LogP contribution in [0.15, 0.2) is 66.9 Å². The van der Waals surface area contributed by atoms with Gasteiger partial charge in [-0.1, -0.05) is 24.3 Å². The van der Waals surface area contributed by atoms with Crippen LogP contribution in [0.4, 0.5) is 4.39 Å². The molecule has 1 aromatic heterocycles. The van der Waals surface area contributed by atoms with Crippen molar-refractivity contribution in [1.29, 1.82) is 0 Å². The van der Waals surface area contributed by atoms with Gasteiger partial charge in [-0.3, -0.25) is 0 Å². The average molecular weight is 395 g/mol. The Bertz CT molecular complexity index is 952. The summed E-state index contributed by atoms with van der Waals surface area (Å²) in [5.41, 5.74) is 1.53. The summed E-state index contributed by atoms with van der Waals surface area (Å²) in [6, 6.07) is 17.2. The van der Waals surface area contributed by atoms with Gasteiger partial charge in [-0.05, 0) is 55.3 Å². The number of aliphatic carboxylic acids is 1. The lowest BCUT2D eigenvalue weighted by Gasteiger charge is -2.21. The Hall–Kier alpha value is -3.41. The summed E-state index contributed by atoms with van der Waals surface area (Å²) < 4.78 is 24.2. The van der Waals surface area contributed by atoms with Crippen molar-refractivity contribution in [3.8, 4) is 22.8 Å². The zero-order chi connectivity index (χ0) is 20.9. The number of hydrogen-bond donors (Lipinski definition) is 1. The maximum Gasteiger partial charge on any atom is 0.347 e. The van der Waals surface area contributed by atoms with E-state index in [1.165, 1.54) is 26.0 Å². The summed E-state index contributed by atoms with van der Waals surface area (Å²) >= 11 is 0. The van der Waals surface area contributed by atoms with Gasteiger partial charge in [0.1, 0.15) is 11.6 Å². The minimum atomic E-state index is -1.28. The van der Waals surface area contributed by atoms with Crippen LogP contribution >= 0.6 is 0 Å². The Morgan fingerprint density at radius 3 is 2.24 bits per heavy atom. The van der Waals surface area contributed by atoms with Gasteiger partial charge in [0.15, 0.2) is 5.60 Å². The summed E-state index contributed by atoms with van der Waals surface area (Å²) in [7, 11) is 0. The quantitative estimate of drug-likeness (QED) is 0.596. The van der Waals surface area contributed by atoms with Crippen molar-refractivity contribution in [1.82, 2.24) is 4.98 Å². The molecular formula is C23H22FNO4. The summed E-state index contributed by atoms with van der Waals surface area (Å²) in [4.78, 5) is 15.4. The summed E-state index contributed by atoms with van der Waals surface area (Å²) in [5, 5.41) is 9.11. The Kier molecular flexibility index (Phi) is 6.12. The van der Waals surface area contributed by atoms with Gasteiger partial charge in [0, 0.05) is 24.2 Å². The first kappa shape index (κ1) is 20.3. The molecule has 0 aliphatic rings. The fourth-order valence-electron chi connectivity index (χ4n) is 2.61. The number of carbonyl (C=O) groups is 1. The Morgan fingerprint density at radius 1 is 1.00 bits per heavy atom. The standard InChI is InChI=1S/C23H22FNO4/c1-23(2,22(26)27)29-20-10-3-16(4-11-20)13-14-28-21-12-7-18(15-25-21)17-5-8-19(24)9-6-17/h3-12,15H,13-14H2,1-2H3,(H,26,27). The molecule has 150 valence electrons. The van der Waals surface area contributed by atoms with Gasteiger partial charge in [-0.15, -0.1) is 0 Å². The van der Waals surface area contributed by atoms with E-state index in [4.69, 9.17) is 14.6 Å². The largest absolute Gasteiger partial charge is 0.478 e. The molecule has 29 heavy (non-hydrogen) atoms. The predicted octanol–water partition coefficient (Wildman–Crippen LogP) is 4.75. The van der Waals surface area contributed by atoms with Crippen molar-refractivity contribution in [2.75, 3.05) is 6.61 Å². The molecule has 0 unspecified atom stereocenters. The van der Waals surface area contributed by atoms with Gasteiger partial charge in [0.2, 0.25) is 5.88 Å². The first-order valence-electron chi connectivity index (χ1n) is 9.20. The third-order valence-electron chi connectivity index (χ3n) is 4.37. The highest BCUT2D eigenvalue weighted by Gasteiger charge is 2.29. The smallest absolute Gasteiger partial charge is 0.347 e. The van der Waals surface area contributed by atoms with Crippen molar-refractivity contribution < 1.29 is 23.8 Å². The number of nitrogens with zero attached hydrogens (tertiary/aromatic N) is 1. The third-order valence-corrected chi connectivity index (χ3v) is 4.37. The van der Waals surface area contributed by atoms with Gasteiger partial charge < -0.3 is 14.6 Å². The van der Waals surface area contributed by atoms with Crippen LogP contribution in [-0.4, -0.2) is 28.3 Å². The Balaban J connectivity index is 1.51. The number of ether oxygens (including phenoxy) is 2. The molecule has 1 N–H and O–H groups in total. The fraction of sp³-hybridized carbons (Fsp3) is 0.217. The lowest BCUT2D eigenvalue weighted by Crippen LogP contribution is -2.37. The van der Waals surface area contributed by atoms with Crippen molar-refractivity contribution in [3.05, 3.63) is 78.2 Å². The SMILES string of the molecule is CC(C)(Oc1ccc(CCOc2ccc(-c3ccc(F)cc3)cn2)cc1)C(=O)O.